The molecule has 0 spiro atoms. The molecule has 0 bridgehead atoms. The van der Waals surface area contributed by atoms with Crippen LogP contribution in [0.4, 0.5) is 0 Å². The molecule has 0 aliphatic heterocycles. The summed E-state index contributed by atoms with van der Waals surface area (Å²) in [5.41, 5.74) is 5.22. The van der Waals surface area contributed by atoms with Crippen LogP contribution in [0.2, 0.25) is 0 Å². The van der Waals surface area contributed by atoms with Gasteiger partial charge in [-0.15, -0.1) is 0 Å². The van der Waals surface area contributed by atoms with Crippen LogP contribution in [0, 0.1) is 5.92 Å². The van der Waals surface area contributed by atoms with E-state index in [0.29, 0.717) is 6.42 Å². The van der Waals surface area contributed by atoms with E-state index >= 15 is 0 Å². The first-order chi connectivity index (χ1) is 7.15. The monoisotopic (exact) mass is 212 g/mol. The average molecular weight is 212 g/mol. The van der Waals surface area contributed by atoms with Gasteiger partial charge in [-0.25, -0.2) is 0 Å². The van der Waals surface area contributed by atoms with Crippen molar-refractivity contribution in [1.82, 2.24) is 5.32 Å². The highest BCUT2D eigenvalue weighted by Gasteiger charge is 2.25. The molecule has 1 rings (SSSR count). The van der Waals surface area contributed by atoms with Gasteiger partial charge in [0.25, 0.3) is 0 Å². The van der Waals surface area contributed by atoms with Crippen LogP contribution < -0.4 is 11.1 Å². The molecule has 0 aromatic heterocycles. The van der Waals surface area contributed by atoms with Crippen LogP contribution in [-0.4, -0.2) is 17.9 Å². The summed E-state index contributed by atoms with van der Waals surface area (Å²) in [6, 6.07) is -0.483. The van der Waals surface area contributed by atoms with E-state index in [0.717, 1.165) is 32.1 Å². The van der Waals surface area contributed by atoms with Crippen LogP contribution in [0.3, 0.4) is 0 Å². The third-order valence-corrected chi connectivity index (χ3v) is 2.96. The summed E-state index contributed by atoms with van der Waals surface area (Å²) in [5.74, 6) is -0.323. The van der Waals surface area contributed by atoms with E-state index in [-0.39, 0.29) is 11.8 Å². The molecule has 0 aromatic carbocycles. The molecule has 1 aliphatic carbocycles. The van der Waals surface area contributed by atoms with Gasteiger partial charge in [0.15, 0.2) is 0 Å². The molecule has 0 aromatic rings. The number of carbonyl (C=O) groups is 2. The van der Waals surface area contributed by atoms with Crippen molar-refractivity contribution in [1.29, 1.82) is 0 Å². The van der Waals surface area contributed by atoms with Gasteiger partial charge in [0, 0.05) is 5.92 Å². The molecule has 86 valence electrons. The lowest BCUT2D eigenvalue weighted by Crippen LogP contribution is -2.46. The third kappa shape index (κ3) is 3.53. The molecule has 1 aliphatic rings. The van der Waals surface area contributed by atoms with Gasteiger partial charge in [0.2, 0.25) is 11.8 Å². The van der Waals surface area contributed by atoms with Gasteiger partial charge < -0.3 is 11.1 Å². The summed E-state index contributed by atoms with van der Waals surface area (Å²) in [7, 11) is 0. The van der Waals surface area contributed by atoms with Crippen molar-refractivity contribution >= 4 is 11.8 Å². The first-order valence-corrected chi connectivity index (χ1v) is 5.74. The van der Waals surface area contributed by atoms with Crippen LogP contribution in [0.15, 0.2) is 0 Å². The normalized spacial score (nSPS) is 18.7. The maximum Gasteiger partial charge on any atom is 0.239 e. The van der Waals surface area contributed by atoms with Gasteiger partial charge in [-0.05, 0) is 19.3 Å². The smallest absolute Gasteiger partial charge is 0.239 e. The van der Waals surface area contributed by atoms with Crippen LogP contribution in [0.1, 0.15) is 45.4 Å². The highest BCUT2D eigenvalue weighted by Crippen LogP contribution is 2.24. The topological polar surface area (TPSA) is 72.2 Å². The fourth-order valence-corrected chi connectivity index (χ4v) is 2.05. The standard InChI is InChI=1S/C11H20N2O2/c1-2-5-9(10(12)14)13-11(15)8-6-3-4-7-8/h8-9H,2-7H2,1H3,(H2,12,14)(H,13,15). The molecule has 0 radical (unpaired) electrons. The summed E-state index contributed by atoms with van der Waals surface area (Å²) in [6.45, 7) is 1.97. The summed E-state index contributed by atoms with van der Waals surface area (Å²) in [5, 5.41) is 2.75. The van der Waals surface area contributed by atoms with E-state index in [1.807, 2.05) is 6.92 Å². The van der Waals surface area contributed by atoms with Crippen molar-refractivity contribution in [3.05, 3.63) is 0 Å². The number of hydrogen-bond donors (Lipinski definition) is 2. The summed E-state index contributed by atoms with van der Waals surface area (Å²) in [6.07, 6.45) is 5.61. The molecule has 0 saturated heterocycles. The zero-order valence-corrected chi connectivity index (χ0v) is 9.29. The second-order valence-electron chi connectivity index (χ2n) is 4.23. The maximum atomic E-state index is 11.7. The largest absolute Gasteiger partial charge is 0.368 e. The van der Waals surface area contributed by atoms with Crippen molar-refractivity contribution < 1.29 is 9.59 Å². The Morgan fingerprint density at radius 3 is 2.47 bits per heavy atom. The molecular formula is C11H20N2O2. The Labute approximate surface area is 90.6 Å². The molecule has 3 N–H and O–H groups in total. The van der Waals surface area contributed by atoms with Crippen molar-refractivity contribution in [3.63, 3.8) is 0 Å². The van der Waals surface area contributed by atoms with E-state index in [2.05, 4.69) is 5.32 Å². The predicted octanol–water partition coefficient (Wildman–Crippen LogP) is 0.947. The fraction of sp³-hybridized carbons (Fsp3) is 0.818. The van der Waals surface area contributed by atoms with Crippen molar-refractivity contribution in [2.24, 2.45) is 11.7 Å². The van der Waals surface area contributed by atoms with Crippen LogP contribution in [0.5, 0.6) is 0 Å². The molecular weight excluding hydrogens is 192 g/mol. The number of hydrogen-bond acceptors (Lipinski definition) is 2. The minimum atomic E-state index is -0.483. The Morgan fingerprint density at radius 1 is 1.40 bits per heavy atom. The van der Waals surface area contributed by atoms with E-state index < -0.39 is 11.9 Å². The maximum absolute atomic E-state index is 11.7. The Morgan fingerprint density at radius 2 is 2.00 bits per heavy atom. The van der Waals surface area contributed by atoms with E-state index in [9.17, 15) is 9.59 Å². The van der Waals surface area contributed by atoms with Gasteiger partial charge in [0.1, 0.15) is 6.04 Å². The number of nitrogens with one attached hydrogen (secondary N) is 1. The molecule has 1 unspecified atom stereocenters. The lowest BCUT2D eigenvalue weighted by Gasteiger charge is -2.17. The van der Waals surface area contributed by atoms with Gasteiger partial charge in [0.05, 0.1) is 0 Å². The quantitative estimate of drug-likeness (QED) is 0.712. The zero-order valence-electron chi connectivity index (χ0n) is 9.29. The van der Waals surface area contributed by atoms with Gasteiger partial charge in [-0.2, -0.15) is 0 Å². The molecule has 1 atom stereocenters. The molecule has 2 amide bonds. The number of nitrogens with two attached hydrogens (primary N) is 1. The zero-order chi connectivity index (χ0) is 11.3. The number of carbonyl (C=O) groups excluding carboxylic acids is 2. The summed E-state index contributed by atoms with van der Waals surface area (Å²) < 4.78 is 0. The Kier molecular flexibility index (Phi) is 4.59. The van der Waals surface area contributed by atoms with Crippen LogP contribution in [-0.2, 0) is 9.59 Å². The first-order valence-electron chi connectivity index (χ1n) is 5.74. The van der Waals surface area contributed by atoms with Gasteiger partial charge in [-0.1, -0.05) is 26.2 Å². The lowest BCUT2D eigenvalue weighted by molar-refractivity contribution is -0.129. The lowest BCUT2D eigenvalue weighted by atomic mass is 10.1. The first kappa shape index (κ1) is 12.0. The number of primary amides is 1. The number of amides is 2. The molecule has 4 nitrogen and oxygen atoms in total. The Balaban J connectivity index is 2.42. The molecule has 0 heterocycles. The van der Waals surface area contributed by atoms with Crippen molar-refractivity contribution in [3.8, 4) is 0 Å². The minimum absolute atomic E-state index is 0.00440. The number of rotatable bonds is 5. The van der Waals surface area contributed by atoms with E-state index in [4.69, 9.17) is 5.73 Å². The SMILES string of the molecule is CCCC(NC(=O)C1CCCC1)C(N)=O. The average Bonchev–Trinajstić information content (AvgIpc) is 2.69. The fourth-order valence-electron chi connectivity index (χ4n) is 2.05. The second kappa shape index (κ2) is 5.73. The Hall–Kier alpha value is -1.06. The molecule has 1 fully saturated rings. The van der Waals surface area contributed by atoms with Gasteiger partial charge in [-0.3, -0.25) is 9.59 Å². The second-order valence-corrected chi connectivity index (χ2v) is 4.23. The van der Waals surface area contributed by atoms with Crippen molar-refractivity contribution in [2.45, 2.75) is 51.5 Å². The highest BCUT2D eigenvalue weighted by atomic mass is 16.2. The molecule has 4 heteroatoms. The van der Waals surface area contributed by atoms with Gasteiger partial charge >= 0.3 is 0 Å². The molecule has 15 heavy (non-hydrogen) atoms. The third-order valence-electron chi connectivity index (χ3n) is 2.96. The Bertz CT molecular complexity index is 235. The summed E-state index contributed by atoms with van der Waals surface area (Å²) >= 11 is 0. The highest BCUT2D eigenvalue weighted by molar-refractivity contribution is 5.87. The summed E-state index contributed by atoms with van der Waals surface area (Å²) in [4.78, 5) is 22.8. The molecule has 1 saturated carbocycles. The predicted molar refractivity (Wildman–Crippen MR) is 58.0 cm³/mol. The van der Waals surface area contributed by atoms with E-state index in [1.165, 1.54) is 0 Å². The van der Waals surface area contributed by atoms with Crippen molar-refractivity contribution in [2.75, 3.05) is 0 Å². The van der Waals surface area contributed by atoms with Crippen LogP contribution >= 0.6 is 0 Å². The minimum Gasteiger partial charge on any atom is -0.368 e. The van der Waals surface area contributed by atoms with E-state index in [1.54, 1.807) is 0 Å². The van der Waals surface area contributed by atoms with Crippen LogP contribution in [0.25, 0.3) is 0 Å².